The van der Waals surface area contributed by atoms with Gasteiger partial charge in [0, 0.05) is 93.6 Å². The lowest BCUT2D eigenvalue weighted by atomic mass is 9.89. The van der Waals surface area contributed by atoms with Crippen LogP contribution in [0.1, 0.15) is 80.6 Å². The Morgan fingerprint density at radius 2 is 2.02 bits per heavy atom. The highest BCUT2D eigenvalue weighted by Crippen LogP contribution is 2.47. The first-order chi connectivity index (χ1) is 22.1. The third-order valence-corrected chi connectivity index (χ3v) is 10.6. The SMILES string of the molecule is C=CC(=O)N1CCN(C2CN3c4cc(N(CC[C@]5(C)OC(COC)c6nccc(C)c65)C(C)C)nc(C(F)F)c4CCCC23)CC1. The molecule has 0 bridgehead atoms. The molecule has 4 aliphatic heterocycles. The lowest BCUT2D eigenvalue weighted by Crippen LogP contribution is -2.69. The van der Waals surface area contributed by atoms with Crippen molar-refractivity contribution in [3.63, 3.8) is 0 Å². The number of fused-ring (bicyclic) bond motifs is 4. The molecular formula is C35H48F2N6O3. The summed E-state index contributed by atoms with van der Waals surface area (Å²) in [6, 6.07) is 4.70. The first kappa shape index (κ1) is 32.8. The minimum absolute atomic E-state index is 0.0214. The van der Waals surface area contributed by atoms with Gasteiger partial charge in [0.25, 0.3) is 6.43 Å². The van der Waals surface area contributed by atoms with E-state index in [9.17, 15) is 13.6 Å². The first-order valence-corrected chi connectivity index (χ1v) is 16.7. The second-order valence-corrected chi connectivity index (χ2v) is 13.6. The number of aromatic nitrogens is 2. The number of hydrogen-bond acceptors (Lipinski definition) is 8. The molecular weight excluding hydrogens is 590 g/mol. The molecule has 2 fully saturated rings. The molecule has 0 radical (unpaired) electrons. The molecule has 3 unspecified atom stereocenters. The molecule has 6 heterocycles. The van der Waals surface area contributed by atoms with Crippen LogP contribution >= 0.6 is 0 Å². The molecule has 2 saturated heterocycles. The number of piperazine rings is 1. The second kappa shape index (κ2) is 13.2. The van der Waals surface area contributed by atoms with E-state index in [2.05, 4.69) is 65.0 Å². The van der Waals surface area contributed by atoms with Crippen molar-refractivity contribution in [2.75, 3.05) is 62.8 Å². The van der Waals surface area contributed by atoms with E-state index in [-0.39, 0.29) is 29.8 Å². The fourth-order valence-corrected chi connectivity index (χ4v) is 8.17. The molecule has 46 heavy (non-hydrogen) atoms. The molecule has 4 atom stereocenters. The average molecular weight is 639 g/mol. The lowest BCUT2D eigenvalue weighted by molar-refractivity contribution is -0.128. The molecule has 0 N–H and O–H groups in total. The van der Waals surface area contributed by atoms with E-state index < -0.39 is 12.0 Å². The van der Waals surface area contributed by atoms with E-state index in [1.165, 1.54) is 6.08 Å². The van der Waals surface area contributed by atoms with Crippen molar-refractivity contribution in [1.29, 1.82) is 0 Å². The summed E-state index contributed by atoms with van der Waals surface area (Å²) in [6.45, 7) is 16.8. The summed E-state index contributed by atoms with van der Waals surface area (Å²) in [6.07, 6.45) is 3.32. The van der Waals surface area contributed by atoms with Crippen LogP contribution < -0.4 is 9.80 Å². The van der Waals surface area contributed by atoms with Crippen molar-refractivity contribution < 1.29 is 23.0 Å². The third kappa shape index (κ3) is 5.90. The second-order valence-electron chi connectivity index (χ2n) is 13.6. The van der Waals surface area contributed by atoms with Gasteiger partial charge in [-0.3, -0.25) is 14.7 Å². The monoisotopic (exact) mass is 638 g/mol. The Hall–Kier alpha value is -3.15. The normalized spacial score (nSPS) is 26.0. The Kier molecular flexibility index (Phi) is 9.38. The van der Waals surface area contributed by atoms with Gasteiger partial charge >= 0.3 is 0 Å². The van der Waals surface area contributed by atoms with Crippen LogP contribution in [0.4, 0.5) is 20.3 Å². The molecule has 0 aliphatic carbocycles. The van der Waals surface area contributed by atoms with Crippen LogP contribution in [0.2, 0.25) is 0 Å². The number of anilines is 2. The number of carbonyl (C=O) groups is 1. The van der Waals surface area contributed by atoms with Gasteiger partial charge in [-0.25, -0.2) is 13.8 Å². The van der Waals surface area contributed by atoms with Crippen LogP contribution in [0.3, 0.4) is 0 Å². The number of nitrogens with zero attached hydrogens (tertiary/aromatic N) is 6. The van der Waals surface area contributed by atoms with Crippen molar-refractivity contribution in [2.24, 2.45) is 0 Å². The van der Waals surface area contributed by atoms with Crippen LogP contribution in [-0.2, 0) is 26.3 Å². The van der Waals surface area contributed by atoms with Crippen molar-refractivity contribution in [1.82, 2.24) is 19.8 Å². The lowest BCUT2D eigenvalue weighted by Gasteiger charge is -2.55. The van der Waals surface area contributed by atoms with Gasteiger partial charge in [0.1, 0.15) is 17.6 Å². The minimum atomic E-state index is -2.65. The first-order valence-electron chi connectivity index (χ1n) is 16.7. The average Bonchev–Trinajstić information content (AvgIpc) is 3.22. The fourth-order valence-electron chi connectivity index (χ4n) is 8.17. The highest BCUT2D eigenvalue weighted by molar-refractivity contribution is 5.87. The van der Waals surface area contributed by atoms with Crippen molar-refractivity contribution in [2.45, 2.75) is 89.6 Å². The van der Waals surface area contributed by atoms with Gasteiger partial charge in [-0.15, -0.1) is 0 Å². The number of carbonyl (C=O) groups excluding carboxylic acids is 1. The predicted octanol–water partition coefficient (Wildman–Crippen LogP) is 5.18. The maximum absolute atomic E-state index is 14.7. The molecule has 0 aromatic carbocycles. The summed E-state index contributed by atoms with van der Waals surface area (Å²) < 4.78 is 41.5. The number of amides is 1. The zero-order valence-electron chi connectivity index (χ0n) is 27.8. The summed E-state index contributed by atoms with van der Waals surface area (Å²) in [5.74, 6) is 0.565. The Morgan fingerprint density at radius 3 is 2.70 bits per heavy atom. The molecule has 2 aromatic heterocycles. The van der Waals surface area contributed by atoms with Gasteiger partial charge < -0.3 is 24.2 Å². The summed E-state index contributed by atoms with van der Waals surface area (Å²) in [7, 11) is 1.66. The van der Waals surface area contributed by atoms with Crippen LogP contribution in [0, 0.1) is 6.92 Å². The third-order valence-electron chi connectivity index (χ3n) is 10.6. The molecule has 6 rings (SSSR count). The van der Waals surface area contributed by atoms with E-state index in [1.807, 2.05) is 17.2 Å². The highest BCUT2D eigenvalue weighted by Gasteiger charge is 2.46. The molecule has 4 aliphatic rings. The predicted molar refractivity (Wildman–Crippen MR) is 175 cm³/mol. The van der Waals surface area contributed by atoms with Gasteiger partial charge in [0.15, 0.2) is 0 Å². The molecule has 11 heteroatoms. The Morgan fingerprint density at radius 1 is 1.26 bits per heavy atom. The summed E-state index contributed by atoms with van der Waals surface area (Å²) in [4.78, 5) is 30.2. The number of rotatable bonds is 10. The van der Waals surface area contributed by atoms with E-state index >= 15 is 0 Å². The molecule has 250 valence electrons. The van der Waals surface area contributed by atoms with Crippen molar-refractivity contribution >= 4 is 17.4 Å². The summed E-state index contributed by atoms with van der Waals surface area (Å²) in [5.41, 5.74) is 4.03. The van der Waals surface area contributed by atoms with Crippen LogP contribution in [0.5, 0.6) is 0 Å². The van der Waals surface area contributed by atoms with E-state index in [0.29, 0.717) is 56.5 Å². The van der Waals surface area contributed by atoms with Crippen LogP contribution in [0.25, 0.3) is 0 Å². The van der Waals surface area contributed by atoms with Gasteiger partial charge in [-0.1, -0.05) is 6.58 Å². The standard InChI is InChI=1S/C35H48F2N6O3/c1-7-30(44)41-17-15-40(16-18-41)27-20-43-25(27)10-8-9-24-26(43)19-29(39-32(24)34(36)37)42(22(2)3)14-12-35(5)31-23(4)11-13-38-33(31)28(46-35)21-45-6/h7,11,13,19,22,25,27-28,34H,1,8-10,12,14-18,20-21H2,2-6H3/t25?,27?,28?,35-/m0/s1. The molecule has 0 saturated carbocycles. The summed E-state index contributed by atoms with van der Waals surface area (Å²) >= 11 is 0. The van der Waals surface area contributed by atoms with Gasteiger partial charge in [-0.2, -0.15) is 0 Å². The smallest absolute Gasteiger partial charge is 0.280 e. The Bertz CT molecular complexity index is 1450. The van der Waals surface area contributed by atoms with Crippen LogP contribution in [0.15, 0.2) is 31.0 Å². The fraction of sp³-hybridized carbons (Fsp3) is 0.629. The Balaban J connectivity index is 1.25. The van der Waals surface area contributed by atoms with Crippen LogP contribution in [-0.4, -0.2) is 96.8 Å². The quantitative estimate of drug-likeness (QED) is 0.330. The van der Waals surface area contributed by atoms with E-state index in [1.54, 1.807) is 7.11 Å². The number of aryl methyl sites for hydroxylation is 1. The minimum Gasteiger partial charge on any atom is -0.382 e. The zero-order valence-corrected chi connectivity index (χ0v) is 27.8. The number of pyridine rings is 2. The molecule has 9 nitrogen and oxygen atoms in total. The molecule has 0 spiro atoms. The van der Waals surface area contributed by atoms with Crippen molar-refractivity contribution in [3.8, 4) is 0 Å². The number of alkyl halides is 2. The maximum Gasteiger partial charge on any atom is 0.280 e. The zero-order chi connectivity index (χ0) is 32.7. The maximum atomic E-state index is 14.7. The van der Waals surface area contributed by atoms with E-state index in [4.69, 9.17) is 9.47 Å². The van der Waals surface area contributed by atoms with Crippen molar-refractivity contribution in [3.05, 3.63) is 59.1 Å². The number of halogens is 2. The highest BCUT2D eigenvalue weighted by atomic mass is 19.3. The topological polar surface area (TPSA) is 74.3 Å². The largest absolute Gasteiger partial charge is 0.382 e. The molecule has 1 amide bonds. The Labute approximate surface area is 271 Å². The van der Waals surface area contributed by atoms with Gasteiger partial charge in [0.05, 0.1) is 17.9 Å². The molecule has 2 aromatic rings. The van der Waals surface area contributed by atoms with Gasteiger partial charge in [-0.05, 0) is 71.1 Å². The summed E-state index contributed by atoms with van der Waals surface area (Å²) in [5, 5.41) is 0. The number of hydrogen-bond donors (Lipinski definition) is 0. The van der Waals surface area contributed by atoms with E-state index in [0.717, 1.165) is 55.0 Å². The number of methoxy groups -OCH3 is 1. The number of ether oxygens (including phenoxy) is 2. The van der Waals surface area contributed by atoms with Gasteiger partial charge in [0.2, 0.25) is 5.91 Å².